The van der Waals surface area contributed by atoms with E-state index in [4.69, 9.17) is 9.84 Å². The van der Waals surface area contributed by atoms with Crippen molar-refractivity contribution in [1.82, 2.24) is 14.5 Å². The molecule has 0 unspecified atom stereocenters. The Bertz CT molecular complexity index is 856. The number of hydrogen-bond acceptors (Lipinski definition) is 6. The average Bonchev–Trinajstić information content (AvgIpc) is 3.16. The quantitative estimate of drug-likeness (QED) is 0.747. The van der Waals surface area contributed by atoms with Crippen LogP contribution in [0.5, 0.6) is 5.75 Å². The van der Waals surface area contributed by atoms with Crippen LogP contribution in [-0.2, 0) is 0 Å². The number of benzene rings is 1. The first kappa shape index (κ1) is 15.0. The predicted molar refractivity (Wildman–Crippen MR) is 87.2 cm³/mol. The van der Waals surface area contributed by atoms with Gasteiger partial charge in [0, 0.05) is 23.3 Å². The third kappa shape index (κ3) is 3.16. The Morgan fingerprint density at radius 2 is 2.26 bits per heavy atom. The number of ether oxygens (including phenoxy) is 1. The van der Waals surface area contributed by atoms with E-state index in [9.17, 15) is 4.79 Å². The predicted octanol–water partition coefficient (Wildman–Crippen LogP) is 3.09. The molecule has 118 valence electrons. The van der Waals surface area contributed by atoms with Crippen LogP contribution in [0.15, 0.2) is 36.1 Å². The van der Waals surface area contributed by atoms with E-state index >= 15 is 0 Å². The number of carboxylic acid groups (broad SMARTS) is 1. The molecule has 0 radical (unpaired) electrons. The summed E-state index contributed by atoms with van der Waals surface area (Å²) in [5, 5.41) is 14.0. The highest BCUT2D eigenvalue weighted by Crippen LogP contribution is 2.29. The van der Waals surface area contributed by atoms with E-state index in [2.05, 4.69) is 15.3 Å². The van der Waals surface area contributed by atoms with Crippen LogP contribution in [0.2, 0.25) is 0 Å². The standard InChI is InChI=1S/C15H14N4O3S/c1-9-6-19(8-16-9)12-4-3-10(5-13(12)22-2)17-15-18-11(7-23-15)14(20)21/h3-8H,1-2H3,(H,17,18)(H,20,21). The molecule has 0 aliphatic heterocycles. The minimum atomic E-state index is -1.04. The number of aromatic carboxylic acids is 1. The lowest BCUT2D eigenvalue weighted by Gasteiger charge is -2.11. The lowest BCUT2D eigenvalue weighted by atomic mass is 10.2. The highest BCUT2D eigenvalue weighted by Gasteiger charge is 2.11. The summed E-state index contributed by atoms with van der Waals surface area (Å²) in [5.41, 5.74) is 2.56. The summed E-state index contributed by atoms with van der Waals surface area (Å²) in [4.78, 5) is 19.1. The second-order valence-electron chi connectivity index (χ2n) is 4.78. The second-order valence-corrected chi connectivity index (χ2v) is 5.64. The van der Waals surface area contributed by atoms with Gasteiger partial charge in [0.1, 0.15) is 5.75 Å². The van der Waals surface area contributed by atoms with Crippen molar-refractivity contribution in [3.8, 4) is 11.4 Å². The van der Waals surface area contributed by atoms with Crippen LogP contribution in [0.3, 0.4) is 0 Å². The lowest BCUT2D eigenvalue weighted by Crippen LogP contribution is -1.99. The molecule has 2 aromatic heterocycles. The summed E-state index contributed by atoms with van der Waals surface area (Å²) >= 11 is 1.23. The molecule has 0 atom stereocenters. The number of imidazole rings is 1. The molecular formula is C15H14N4O3S. The van der Waals surface area contributed by atoms with Crippen LogP contribution in [-0.4, -0.2) is 32.7 Å². The Kier molecular flexibility index (Phi) is 3.98. The minimum absolute atomic E-state index is 0.0231. The number of aromatic nitrogens is 3. The third-order valence-electron chi connectivity index (χ3n) is 3.14. The van der Waals surface area contributed by atoms with Gasteiger partial charge in [0.25, 0.3) is 0 Å². The van der Waals surface area contributed by atoms with Crippen LogP contribution in [0.1, 0.15) is 16.2 Å². The molecule has 2 heterocycles. The van der Waals surface area contributed by atoms with Crippen LogP contribution in [0.25, 0.3) is 5.69 Å². The average molecular weight is 330 g/mol. The van der Waals surface area contributed by atoms with E-state index in [1.165, 1.54) is 16.7 Å². The van der Waals surface area contributed by atoms with Crippen LogP contribution < -0.4 is 10.1 Å². The molecule has 0 spiro atoms. The van der Waals surface area contributed by atoms with Gasteiger partial charge in [-0.2, -0.15) is 0 Å². The second kappa shape index (κ2) is 6.09. The van der Waals surface area contributed by atoms with Crippen molar-refractivity contribution < 1.29 is 14.6 Å². The van der Waals surface area contributed by atoms with Gasteiger partial charge < -0.3 is 19.7 Å². The normalized spacial score (nSPS) is 10.5. The molecule has 3 rings (SSSR count). The first-order chi connectivity index (χ1) is 11.1. The van der Waals surface area contributed by atoms with E-state index in [-0.39, 0.29) is 5.69 Å². The Morgan fingerprint density at radius 1 is 1.43 bits per heavy atom. The molecule has 7 nitrogen and oxygen atoms in total. The molecular weight excluding hydrogens is 316 g/mol. The minimum Gasteiger partial charge on any atom is -0.494 e. The molecule has 0 bridgehead atoms. The lowest BCUT2D eigenvalue weighted by molar-refractivity contribution is 0.0691. The van der Waals surface area contributed by atoms with Crippen molar-refractivity contribution in [2.24, 2.45) is 0 Å². The molecule has 0 fully saturated rings. The number of anilines is 2. The van der Waals surface area contributed by atoms with Gasteiger partial charge in [-0.15, -0.1) is 11.3 Å². The maximum atomic E-state index is 10.9. The largest absolute Gasteiger partial charge is 0.494 e. The van der Waals surface area contributed by atoms with Gasteiger partial charge in [-0.3, -0.25) is 0 Å². The van der Waals surface area contributed by atoms with Gasteiger partial charge >= 0.3 is 5.97 Å². The van der Waals surface area contributed by atoms with Crippen molar-refractivity contribution in [3.05, 3.63) is 47.5 Å². The summed E-state index contributed by atoms with van der Waals surface area (Å²) in [7, 11) is 1.60. The summed E-state index contributed by atoms with van der Waals surface area (Å²) in [6.07, 6.45) is 3.63. The Balaban J connectivity index is 1.87. The highest BCUT2D eigenvalue weighted by molar-refractivity contribution is 7.14. The van der Waals surface area contributed by atoms with Crippen LogP contribution >= 0.6 is 11.3 Å². The van der Waals surface area contributed by atoms with Gasteiger partial charge in [-0.05, 0) is 19.1 Å². The number of aryl methyl sites for hydroxylation is 1. The van der Waals surface area contributed by atoms with E-state index in [0.717, 1.165) is 17.1 Å². The Morgan fingerprint density at radius 3 is 2.87 bits per heavy atom. The Hall–Kier alpha value is -2.87. The first-order valence-electron chi connectivity index (χ1n) is 6.71. The topological polar surface area (TPSA) is 89.3 Å². The fourth-order valence-corrected chi connectivity index (χ4v) is 2.78. The molecule has 1 aromatic carbocycles. The molecule has 8 heteroatoms. The summed E-state index contributed by atoms with van der Waals surface area (Å²) in [5.74, 6) is -0.375. The smallest absolute Gasteiger partial charge is 0.355 e. The number of nitrogens with zero attached hydrogens (tertiary/aromatic N) is 3. The molecule has 0 saturated carbocycles. The SMILES string of the molecule is COc1cc(Nc2nc(C(=O)O)cs2)ccc1-n1cnc(C)c1. The van der Waals surface area contributed by atoms with Gasteiger partial charge in [0.05, 0.1) is 24.8 Å². The zero-order valence-corrected chi connectivity index (χ0v) is 13.3. The summed E-state index contributed by atoms with van der Waals surface area (Å²) < 4.78 is 7.31. The van der Waals surface area contributed by atoms with Crippen molar-refractivity contribution in [1.29, 1.82) is 0 Å². The van der Waals surface area contributed by atoms with E-state index in [1.807, 2.05) is 35.9 Å². The van der Waals surface area contributed by atoms with E-state index in [0.29, 0.717) is 10.9 Å². The van der Waals surface area contributed by atoms with Crippen LogP contribution in [0.4, 0.5) is 10.8 Å². The third-order valence-corrected chi connectivity index (χ3v) is 3.90. The number of thiazole rings is 1. The van der Waals surface area contributed by atoms with Gasteiger partial charge in [0.2, 0.25) is 0 Å². The maximum Gasteiger partial charge on any atom is 0.355 e. The molecule has 2 N–H and O–H groups in total. The van der Waals surface area contributed by atoms with Crippen molar-refractivity contribution in [3.63, 3.8) is 0 Å². The molecule has 23 heavy (non-hydrogen) atoms. The fraction of sp³-hybridized carbons (Fsp3) is 0.133. The summed E-state index contributed by atoms with van der Waals surface area (Å²) in [6, 6.07) is 5.59. The molecule has 0 aliphatic rings. The monoisotopic (exact) mass is 330 g/mol. The van der Waals surface area contributed by atoms with E-state index < -0.39 is 5.97 Å². The number of carboxylic acids is 1. The number of nitrogens with one attached hydrogen (secondary N) is 1. The van der Waals surface area contributed by atoms with Gasteiger partial charge in [0.15, 0.2) is 10.8 Å². The van der Waals surface area contributed by atoms with Crippen molar-refractivity contribution >= 4 is 28.1 Å². The molecule has 0 amide bonds. The first-order valence-corrected chi connectivity index (χ1v) is 7.59. The number of hydrogen-bond donors (Lipinski definition) is 2. The van der Waals surface area contributed by atoms with E-state index in [1.54, 1.807) is 13.4 Å². The number of methoxy groups -OCH3 is 1. The molecule has 0 aliphatic carbocycles. The fourth-order valence-electron chi connectivity index (χ4n) is 2.07. The number of carbonyl (C=O) groups is 1. The maximum absolute atomic E-state index is 10.9. The summed E-state index contributed by atoms with van der Waals surface area (Å²) in [6.45, 7) is 1.92. The van der Waals surface area contributed by atoms with Gasteiger partial charge in [-0.1, -0.05) is 0 Å². The zero-order chi connectivity index (χ0) is 16.4. The Labute approximate surface area is 136 Å². The van der Waals surface area contributed by atoms with Crippen LogP contribution in [0, 0.1) is 6.92 Å². The molecule has 3 aromatic rings. The highest BCUT2D eigenvalue weighted by atomic mass is 32.1. The van der Waals surface area contributed by atoms with Gasteiger partial charge in [-0.25, -0.2) is 14.8 Å². The van der Waals surface area contributed by atoms with Crippen molar-refractivity contribution in [2.75, 3.05) is 12.4 Å². The number of rotatable bonds is 5. The van der Waals surface area contributed by atoms with Crippen molar-refractivity contribution in [2.45, 2.75) is 6.92 Å². The zero-order valence-electron chi connectivity index (χ0n) is 12.5. The molecule has 0 saturated heterocycles.